The predicted octanol–water partition coefficient (Wildman–Crippen LogP) is 5.49. The van der Waals surface area contributed by atoms with Crippen molar-refractivity contribution in [1.82, 2.24) is 5.32 Å². The Morgan fingerprint density at radius 2 is 2.33 bits per heavy atom. The molecule has 2 rings (SSSR count). The molecular formula is C17H25BrClNO. The SMILES string of the molecule is CCCNC(CCCC1CCCO1)c1cc(Br)ccc1Cl. The summed E-state index contributed by atoms with van der Waals surface area (Å²) in [7, 11) is 0. The van der Waals surface area contributed by atoms with Gasteiger partial charge in [0, 0.05) is 22.1 Å². The van der Waals surface area contributed by atoms with Gasteiger partial charge in [-0.2, -0.15) is 0 Å². The fraction of sp³-hybridized carbons (Fsp3) is 0.647. The molecule has 0 aromatic heterocycles. The summed E-state index contributed by atoms with van der Waals surface area (Å²) in [5.74, 6) is 0. The molecule has 1 heterocycles. The van der Waals surface area contributed by atoms with Gasteiger partial charge in [-0.3, -0.25) is 0 Å². The Hall–Kier alpha value is -0.0900. The van der Waals surface area contributed by atoms with Gasteiger partial charge in [-0.15, -0.1) is 0 Å². The third-order valence-electron chi connectivity index (χ3n) is 4.02. The highest BCUT2D eigenvalue weighted by molar-refractivity contribution is 9.10. The van der Waals surface area contributed by atoms with E-state index in [9.17, 15) is 0 Å². The molecule has 21 heavy (non-hydrogen) atoms. The molecule has 1 aromatic rings. The first-order valence-corrected chi connectivity index (χ1v) is 9.17. The van der Waals surface area contributed by atoms with Gasteiger partial charge in [0.2, 0.25) is 0 Å². The number of hydrogen-bond acceptors (Lipinski definition) is 2. The highest BCUT2D eigenvalue weighted by atomic mass is 79.9. The van der Waals surface area contributed by atoms with Gasteiger partial charge in [-0.05, 0) is 68.8 Å². The second kappa shape index (κ2) is 9.14. The van der Waals surface area contributed by atoms with Crippen LogP contribution in [-0.2, 0) is 4.74 Å². The minimum Gasteiger partial charge on any atom is -0.378 e. The average molecular weight is 375 g/mol. The lowest BCUT2D eigenvalue weighted by atomic mass is 9.99. The zero-order valence-electron chi connectivity index (χ0n) is 12.7. The van der Waals surface area contributed by atoms with Gasteiger partial charge in [0.1, 0.15) is 0 Å². The molecule has 1 fully saturated rings. The minimum absolute atomic E-state index is 0.330. The Bertz CT molecular complexity index is 435. The van der Waals surface area contributed by atoms with Gasteiger partial charge in [-0.25, -0.2) is 0 Å². The molecule has 0 saturated carbocycles. The summed E-state index contributed by atoms with van der Waals surface area (Å²) >= 11 is 9.94. The summed E-state index contributed by atoms with van der Waals surface area (Å²) in [4.78, 5) is 0. The Kier molecular flexibility index (Phi) is 7.51. The maximum Gasteiger partial charge on any atom is 0.0576 e. The molecule has 2 nitrogen and oxygen atoms in total. The van der Waals surface area contributed by atoms with Crippen molar-refractivity contribution in [3.05, 3.63) is 33.3 Å². The van der Waals surface area contributed by atoms with Crippen LogP contribution in [0.5, 0.6) is 0 Å². The van der Waals surface area contributed by atoms with E-state index in [1.165, 1.54) is 24.8 Å². The van der Waals surface area contributed by atoms with Crippen LogP contribution in [0.15, 0.2) is 22.7 Å². The number of benzene rings is 1. The van der Waals surface area contributed by atoms with Crippen molar-refractivity contribution < 1.29 is 4.74 Å². The monoisotopic (exact) mass is 373 g/mol. The fourth-order valence-electron chi connectivity index (χ4n) is 2.89. The van der Waals surface area contributed by atoms with Gasteiger partial charge in [-0.1, -0.05) is 34.5 Å². The van der Waals surface area contributed by atoms with Crippen molar-refractivity contribution >= 4 is 27.5 Å². The molecule has 1 N–H and O–H groups in total. The van der Waals surface area contributed by atoms with Crippen molar-refractivity contribution in [2.75, 3.05) is 13.2 Å². The van der Waals surface area contributed by atoms with Crippen molar-refractivity contribution in [2.24, 2.45) is 0 Å². The Morgan fingerprint density at radius 1 is 1.48 bits per heavy atom. The molecule has 0 bridgehead atoms. The van der Waals surface area contributed by atoms with Gasteiger partial charge < -0.3 is 10.1 Å². The first-order chi connectivity index (χ1) is 10.2. The number of ether oxygens (including phenoxy) is 1. The highest BCUT2D eigenvalue weighted by Crippen LogP contribution is 2.30. The topological polar surface area (TPSA) is 21.3 Å². The summed E-state index contributed by atoms with van der Waals surface area (Å²) in [6, 6.07) is 6.44. The molecular weight excluding hydrogens is 350 g/mol. The van der Waals surface area contributed by atoms with E-state index in [4.69, 9.17) is 16.3 Å². The maximum atomic E-state index is 6.39. The van der Waals surface area contributed by atoms with Gasteiger partial charge in [0.25, 0.3) is 0 Å². The molecule has 1 aromatic carbocycles. The van der Waals surface area contributed by atoms with Crippen molar-refractivity contribution in [1.29, 1.82) is 0 Å². The standard InChI is InChI=1S/C17H25BrClNO/c1-2-10-20-17(7-3-5-14-6-4-11-21-14)15-12-13(18)8-9-16(15)19/h8-9,12,14,17,20H,2-7,10-11H2,1H3. The quantitative estimate of drug-likeness (QED) is 0.649. The zero-order valence-corrected chi connectivity index (χ0v) is 15.0. The molecule has 0 amide bonds. The van der Waals surface area contributed by atoms with Gasteiger partial charge >= 0.3 is 0 Å². The van der Waals surface area contributed by atoms with Crippen LogP contribution in [-0.4, -0.2) is 19.3 Å². The second-order valence-electron chi connectivity index (χ2n) is 5.74. The molecule has 0 aliphatic carbocycles. The van der Waals surface area contributed by atoms with E-state index < -0.39 is 0 Å². The third-order valence-corrected chi connectivity index (χ3v) is 4.85. The lowest BCUT2D eigenvalue weighted by Gasteiger charge is -2.21. The number of nitrogens with one attached hydrogen (secondary N) is 1. The Balaban J connectivity index is 1.94. The van der Waals surface area contributed by atoms with Crippen LogP contribution < -0.4 is 5.32 Å². The summed E-state index contributed by atoms with van der Waals surface area (Å²) in [6.07, 6.45) is 7.51. The van der Waals surface area contributed by atoms with E-state index in [1.807, 2.05) is 12.1 Å². The summed E-state index contributed by atoms with van der Waals surface area (Å²) in [5, 5.41) is 4.48. The number of rotatable bonds is 8. The van der Waals surface area contributed by atoms with Gasteiger partial charge in [0.05, 0.1) is 6.10 Å². The molecule has 0 radical (unpaired) electrons. The van der Waals surface area contributed by atoms with Crippen molar-refractivity contribution in [3.8, 4) is 0 Å². The largest absolute Gasteiger partial charge is 0.378 e. The van der Waals surface area contributed by atoms with Crippen LogP contribution in [0.1, 0.15) is 57.1 Å². The highest BCUT2D eigenvalue weighted by Gasteiger charge is 2.18. The van der Waals surface area contributed by atoms with Gasteiger partial charge in [0.15, 0.2) is 0 Å². The first kappa shape index (κ1) is 17.3. The molecule has 2 unspecified atom stereocenters. The van der Waals surface area contributed by atoms with Crippen molar-refractivity contribution in [2.45, 2.75) is 57.6 Å². The van der Waals surface area contributed by atoms with E-state index >= 15 is 0 Å². The zero-order chi connectivity index (χ0) is 15.1. The Morgan fingerprint density at radius 3 is 3.05 bits per heavy atom. The molecule has 0 spiro atoms. The second-order valence-corrected chi connectivity index (χ2v) is 7.06. The molecule has 118 valence electrons. The van der Waals surface area contributed by atoms with Crippen LogP contribution in [0.3, 0.4) is 0 Å². The maximum absolute atomic E-state index is 6.39. The minimum atomic E-state index is 0.330. The predicted molar refractivity (Wildman–Crippen MR) is 93.0 cm³/mol. The lowest BCUT2D eigenvalue weighted by Crippen LogP contribution is -2.23. The normalized spacial score (nSPS) is 19.9. The van der Waals surface area contributed by atoms with E-state index in [0.29, 0.717) is 12.1 Å². The van der Waals surface area contributed by atoms with E-state index in [0.717, 1.165) is 41.9 Å². The molecule has 1 saturated heterocycles. The Labute approximate surface area is 141 Å². The smallest absolute Gasteiger partial charge is 0.0576 e. The fourth-order valence-corrected chi connectivity index (χ4v) is 3.52. The molecule has 2 atom stereocenters. The van der Waals surface area contributed by atoms with Crippen LogP contribution in [0.4, 0.5) is 0 Å². The lowest BCUT2D eigenvalue weighted by molar-refractivity contribution is 0.101. The third kappa shape index (κ3) is 5.55. The summed E-state index contributed by atoms with van der Waals surface area (Å²) in [6.45, 7) is 4.16. The van der Waals surface area contributed by atoms with Crippen molar-refractivity contribution in [3.63, 3.8) is 0 Å². The molecule has 4 heteroatoms. The van der Waals surface area contributed by atoms with Crippen LogP contribution in [0.25, 0.3) is 0 Å². The van der Waals surface area contributed by atoms with E-state index in [1.54, 1.807) is 0 Å². The van der Waals surface area contributed by atoms with E-state index in [-0.39, 0.29) is 0 Å². The van der Waals surface area contributed by atoms with Crippen LogP contribution in [0, 0.1) is 0 Å². The molecule has 1 aliphatic rings. The summed E-state index contributed by atoms with van der Waals surface area (Å²) < 4.78 is 6.80. The average Bonchev–Trinajstić information content (AvgIpc) is 2.99. The van der Waals surface area contributed by atoms with Crippen LogP contribution in [0.2, 0.25) is 5.02 Å². The number of hydrogen-bond donors (Lipinski definition) is 1. The van der Waals surface area contributed by atoms with E-state index in [2.05, 4.69) is 34.2 Å². The summed E-state index contributed by atoms with van der Waals surface area (Å²) in [5.41, 5.74) is 1.20. The van der Waals surface area contributed by atoms with Crippen LogP contribution >= 0.6 is 27.5 Å². The number of halogens is 2. The first-order valence-electron chi connectivity index (χ1n) is 8.00. The molecule has 1 aliphatic heterocycles.